The van der Waals surface area contributed by atoms with Crippen molar-refractivity contribution in [2.45, 2.75) is 62.8 Å². The summed E-state index contributed by atoms with van der Waals surface area (Å²) in [5.41, 5.74) is 5.29. The van der Waals surface area contributed by atoms with Crippen molar-refractivity contribution in [3.63, 3.8) is 0 Å². The number of hydrogen-bond acceptors (Lipinski definition) is 8. The van der Waals surface area contributed by atoms with Gasteiger partial charge in [-0.15, -0.1) is 0 Å². The van der Waals surface area contributed by atoms with E-state index in [1.165, 1.54) is 5.56 Å². The predicted molar refractivity (Wildman–Crippen MR) is 180 cm³/mol. The van der Waals surface area contributed by atoms with E-state index in [2.05, 4.69) is 55.2 Å². The molecule has 4 aromatic rings. The van der Waals surface area contributed by atoms with Crippen LogP contribution in [0.5, 0.6) is 0 Å². The van der Waals surface area contributed by atoms with Crippen LogP contribution in [-0.2, 0) is 30.5 Å². The number of aromatic amines is 1. The molecule has 3 aromatic heterocycles. The summed E-state index contributed by atoms with van der Waals surface area (Å²) in [5.74, 6) is -8.36. The number of piperidine rings is 1. The van der Waals surface area contributed by atoms with Crippen LogP contribution in [-0.4, -0.2) is 97.2 Å². The third-order valence-electron chi connectivity index (χ3n) is 7.51. The van der Waals surface area contributed by atoms with E-state index in [4.69, 9.17) is 29.7 Å². The van der Waals surface area contributed by atoms with Crippen LogP contribution in [0.2, 0.25) is 0 Å². The molecule has 1 saturated heterocycles. The Bertz CT molecular complexity index is 1860. The monoisotopic (exact) mass is 824 g/mol. The summed E-state index contributed by atoms with van der Waals surface area (Å²) in [6.07, 6.45) is -6.47. The minimum atomic E-state index is -5.08. The molecule has 2 amide bonds. The van der Waals surface area contributed by atoms with Gasteiger partial charge in [0, 0.05) is 41.4 Å². The number of nitrogens with one attached hydrogen (secondary N) is 4. The second-order valence-electron chi connectivity index (χ2n) is 11.7. The van der Waals surface area contributed by atoms with E-state index in [0.717, 1.165) is 40.7 Å². The van der Waals surface area contributed by atoms with Crippen molar-refractivity contribution in [3.8, 4) is 11.1 Å². The molecule has 7 N–H and O–H groups in total. The number of carboxylic acids is 3. The van der Waals surface area contributed by atoms with E-state index >= 15 is 0 Å². The van der Waals surface area contributed by atoms with Gasteiger partial charge in [0.15, 0.2) is 0 Å². The highest BCUT2D eigenvalue weighted by molar-refractivity contribution is 5.89. The zero-order valence-corrected chi connectivity index (χ0v) is 29.2. The van der Waals surface area contributed by atoms with Gasteiger partial charge in [0.2, 0.25) is 11.8 Å². The Morgan fingerprint density at radius 2 is 1.33 bits per heavy atom. The summed E-state index contributed by atoms with van der Waals surface area (Å²) in [7, 11) is 0. The first-order valence-corrected chi connectivity index (χ1v) is 16.0. The van der Waals surface area contributed by atoms with Crippen LogP contribution >= 0.6 is 0 Å². The number of fused-ring (bicyclic) bond motifs is 1. The number of aliphatic carboxylic acids is 3. The first-order chi connectivity index (χ1) is 26.4. The first kappa shape index (κ1) is 46.9. The summed E-state index contributed by atoms with van der Waals surface area (Å²) in [6, 6.07) is 15.4. The van der Waals surface area contributed by atoms with Crippen molar-refractivity contribution in [3.05, 3.63) is 84.6 Å². The van der Waals surface area contributed by atoms with Crippen molar-refractivity contribution in [1.82, 2.24) is 30.9 Å². The van der Waals surface area contributed by atoms with Crippen molar-refractivity contribution in [2.75, 3.05) is 6.54 Å². The molecule has 1 fully saturated rings. The summed E-state index contributed by atoms with van der Waals surface area (Å²) in [4.78, 5) is 63.8. The van der Waals surface area contributed by atoms with E-state index < -0.39 is 42.5 Å². The molecule has 0 spiro atoms. The molecular weight excluding hydrogens is 791 g/mol. The van der Waals surface area contributed by atoms with Gasteiger partial charge in [0.05, 0.1) is 12.6 Å². The van der Waals surface area contributed by atoms with Gasteiger partial charge >= 0.3 is 36.4 Å². The molecule has 1 aliphatic heterocycles. The molecule has 5 rings (SSSR count). The Morgan fingerprint density at radius 1 is 0.789 bits per heavy atom. The summed E-state index contributed by atoms with van der Waals surface area (Å²) >= 11 is 0. The molecule has 0 bridgehead atoms. The fraction of sp³-hybridized carbons (Fsp3) is 0.324. The molecule has 57 heavy (non-hydrogen) atoms. The maximum Gasteiger partial charge on any atom is 0.490 e. The first-order valence-electron chi connectivity index (χ1n) is 16.0. The van der Waals surface area contributed by atoms with Crippen LogP contribution in [0.1, 0.15) is 36.9 Å². The molecular formula is C34H33F9N6O8. The van der Waals surface area contributed by atoms with E-state index in [0.29, 0.717) is 13.0 Å². The second-order valence-corrected chi connectivity index (χ2v) is 11.7. The molecule has 0 saturated carbocycles. The number of aromatic nitrogens is 3. The number of hydrogen-bond donors (Lipinski definition) is 7. The molecule has 23 heteroatoms. The lowest BCUT2D eigenvalue weighted by Crippen LogP contribution is -2.53. The Hall–Kier alpha value is -6.26. The fourth-order valence-corrected chi connectivity index (χ4v) is 4.74. The number of halogens is 9. The minimum Gasteiger partial charge on any atom is -0.475 e. The Kier molecular flexibility index (Phi) is 16.9. The zero-order chi connectivity index (χ0) is 43.1. The number of H-pyrrole nitrogens is 1. The molecule has 0 radical (unpaired) electrons. The average Bonchev–Trinajstić information content (AvgIpc) is 3.57. The van der Waals surface area contributed by atoms with Crippen molar-refractivity contribution < 1.29 is 78.8 Å². The van der Waals surface area contributed by atoms with Gasteiger partial charge in [-0.3, -0.25) is 19.6 Å². The maximum absolute atomic E-state index is 12.9. The number of alkyl halides is 9. The summed E-state index contributed by atoms with van der Waals surface area (Å²) < 4.78 is 95.2. The third-order valence-corrected chi connectivity index (χ3v) is 7.51. The van der Waals surface area contributed by atoms with Gasteiger partial charge in [0.1, 0.15) is 6.04 Å². The van der Waals surface area contributed by atoms with E-state index in [-0.39, 0.29) is 23.8 Å². The number of amides is 2. The lowest BCUT2D eigenvalue weighted by Gasteiger charge is -2.30. The quantitative estimate of drug-likeness (QED) is 0.120. The van der Waals surface area contributed by atoms with Gasteiger partial charge in [0.25, 0.3) is 0 Å². The van der Waals surface area contributed by atoms with Crippen LogP contribution in [0, 0.1) is 0 Å². The Morgan fingerprint density at radius 3 is 1.82 bits per heavy atom. The van der Waals surface area contributed by atoms with Crippen LogP contribution < -0.4 is 16.0 Å². The molecule has 3 atom stereocenters. The van der Waals surface area contributed by atoms with Gasteiger partial charge < -0.3 is 36.3 Å². The normalized spacial score (nSPS) is 15.8. The molecule has 310 valence electrons. The van der Waals surface area contributed by atoms with Gasteiger partial charge in [-0.25, -0.2) is 14.4 Å². The highest BCUT2D eigenvalue weighted by atomic mass is 19.4. The van der Waals surface area contributed by atoms with Crippen LogP contribution in [0.25, 0.3) is 22.0 Å². The number of rotatable bonds is 7. The lowest BCUT2D eigenvalue weighted by atomic mass is 9.85. The van der Waals surface area contributed by atoms with E-state index in [1.54, 1.807) is 25.5 Å². The topological polar surface area (TPSA) is 224 Å². The Balaban J connectivity index is 0.000000438. The number of pyridine rings is 2. The largest absolute Gasteiger partial charge is 0.490 e. The minimum absolute atomic E-state index is 0.147. The highest BCUT2D eigenvalue weighted by Crippen LogP contribution is 2.30. The number of nitrogens with zero attached hydrogens (tertiary/aromatic N) is 2. The number of carbonyl (C=O) groups excluding carboxylic acids is 2. The van der Waals surface area contributed by atoms with Crippen LogP contribution in [0.15, 0.2) is 73.3 Å². The van der Waals surface area contributed by atoms with Crippen molar-refractivity contribution >= 4 is 40.6 Å². The third kappa shape index (κ3) is 16.2. The molecule has 0 aliphatic carbocycles. The highest BCUT2D eigenvalue weighted by Gasteiger charge is 2.39. The smallest absolute Gasteiger partial charge is 0.475 e. The van der Waals surface area contributed by atoms with Gasteiger partial charge in [-0.05, 0) is 67.1 Å². The number of carbonyl (C=O) groups is 5. The number of carboxylic acid groups (broad SMARTS) is 3. The van der Waals surface area contributed by atoms with Crippen molar-refractivity contribution in [1.29, 1.82) is 0 Å². The number of benzene rings is 1. The van der Waals surface area contributed by atoms with E-state index in [9.17, 15) is 49.1 Å². The maximum atomic E-state index is 12.9. The van der Waals surface area contributed by atoms with Crippen molar-refractivity contribution in [2.24, 2.45) is 0 Å². The fourth-order valence-electron chi connectivity index (χ4n) is 4.74. The zero-order valence-electron chi connectivity index (χ0n) is 29.2. The Labute approximate surface area is 315 Å². The SMILES string of the molecule is CC(NC(=O)[C@H]1C[C@@H](c2ccc(-c3cccnc3)cc2)CCN1)C(=O)NCc1cc2cnccc2[nH]1.O=C(O)C(F)(F)F.O=C(O)C(F)(F)F.O=C(O)C(F)(F)F. The molecule has 4 heterocycles. The van der Waals surface area contributed by atoms with Crippen LogP contribution in [0.3, 0.4) is 0 Å². The molecule has 1 aliphatic rings. The standard InChI is InChI=1S/C28H30N6O2.3C2HF3O2/c1-18(27(35)32-17-24-13-23-16-30-11-9-25(23)34-24)33-28(36)26-14-21(8-12-31-26)19-4-6-20(7-5-19)22-3-2-10-29-15-22;3*3-2(4,5)1(6)7/h2-7,9-11,13,15-16,18,21,26,31,34H,8,12,14,17H2,1H3,(H,32,35)(H,33,36);3*(H,6,7)/t18?,21-,26+;;;/m0.../s1. The van der Waals surface area contributed by atoms with E-state index in [1.807, 2.05) is 30.5 Å². The van der Waals surface area contributed by atoms with Gasteiger partial charge in [-0.1, -0.05) is 30.3 Å². The van der Waals surface area contributed by atoms with Crippen LogP contribution in [0.4, 0.5) is 39.5 Å². The lowest BCUT2D eigenvalue weighted by molar-refractivity contribution is -0.193. The predicted octanol–water partition coefficient (Wildman–Crippen LogP) is 5.18. The molecule has 1 aromatic carbocycles. The summed E-state index contributed by atoms with van der Waals surface area (Å²) in [5, 5.41) is 31.4. The molecule has 14 nitrogen and oxygen atoms in total. The average molecular weight is 825 g/mol. The van der Waals surface area contributed by atoms with Gasteiger partial charge in [-0.2, -0.15) is 39.5 Å². The second kappa shape index (κ2) is 20.6. The summed E-state index contributed by atoms with van der Waals surface area (Å²) in [6.45, 7) is 2.81. The molecule has 1 unspecified atom stereocenters.